The molecule has 102 valence electrons. The highest BCUT2D eigenvalue weighted by atomic mass is 15.1. The Morgan fingerprint density at radius 2 is 2.16 bits per heavy atom. The fourth-order valence-electron chi connectivity index (χ4n) is 2.40. The molecule has 1 aliphatic rings. The number of hydrogen-bond donors (Lipinski definition) is 1. The van der Waals surface area contributed by atoms with Gasteiger partial charge in [-0.1, -0.05) is 6.92 Å². The van der Waals surface area contributed by atoms with Crippen LogP contribution in [-0.2, 0) is 0 Å². The van der Waals surface area contributed by atoms with Gasteiger partial charge in [-0.25, -0.2) is 4.98 Å². The van der Waals surface area contributed by atoms with E-state index in [-0.39, 0.29) is 0 Å². The molecule has 4 heteroatoms. The summed E-state index contributed by atoms with van der Waals surface area (Å²) in [5, 5.41) is 12.3. The van der Waals surface area contributed by atoms with Gasteiger partial charge in [-0.05, 0) is 50.9 Å². The summed E-state index contributed by atoms with van der Waals surface area (Å²) in [6.07, 6.45) is 2.60. The monoisotopic (exact) mass is 258 g/mol. The van der Waals surface area contributed by atoms with Crippen LogP contribution in [0.2, 0.25) is 0 Å². The topological polar surface area (TPSA) is 52.0 Å². The Hall–Kier alpha value is -1.60. The van der Waals surface area contributed by atoms with Crippen molar-refractivity contribution in [2.24, 2.45) is 5.92 Å². The Morgan fingerprint density at radius 1 is 1.42 bits per heavy atom. The number of anilines is 1. The van der Waals surface area contributed by atoms with Crippen molar-refractivity contribution in [1.29, 1.82) is 5.26 Å². The van der Waals surface area contributed by atoms with Gasteiger partial charge in [-0.2, -0.15) is 5.26 Å². The van der Waals surface area contributed by atoms with Crippen LogP contribution >= 0.6 is 0 Å². The van der Waals surface area contributed by atoms with E-state index in [2.05, 4.69) is 28.2 Å². The van der Waals surface area contributed by atoms with Gasteiger partial charge in [-0.15, -0.1) is 0 Å². The van der Waals surface area contributed by atoms with Gasteiger partial charge < -0.3 is 10.2 Å². The van der Waals surface area contributed by atoms with Gasteiger partial charge in [0.2, 0.25) is 0 Å². The van der Waals surface area contributed by atoms with Gasteiger partial charge in [0.1, 0.15) is 11.9 Å². The van der Waals surface area contributed by atoms with Gasteiger partial charge in [-0.3, -0.25) is 0 Å². The summed E-state index contributed by atoms with van der Waals surface area (Å²) in [5.74, 6) is 1.58. The fourth-order valence-corrected chi connectivity index (χ4v) is 2.40. The minimum atomic E-state index is 0.623. The van der Waals surface area contributed by atoms with Crippen molar-refractivity contribution in [3.63, 3.8) is 0 Å². The molecule has 0 unspecified atom stereocenters. The van der Waals surface area contributed by atoms with Crippen LogP contribution in [0.25, 0.3) is 0 Å². The average Bonchev–Trinajstić information content (AvgIpc) is 2.41. The van der Waals surface area contributed by atoms with E-state index in [1.807, 2.05) is 19.1 Å². The normalized spacial score (nSPS) is 17.1. The van der Waals surface area contributed by atoms with Crippen molar-refractivity contribution in [3.8, 4) is 6.07 Å². The average molecular weight is 258 g/mol. The van der Waals surface area contributed by atoms with Gasteiger partial charge in [0.25, 0.3) is 0 Å². The number of aryl methyl sites for hydroxylation is 1. The van der Waals surface area contributed by atoms with Crippen LogP contribution in [0.3, 0.4) is 0 Å². The maximum atomic E-state index is 9.05. The summed E-state index contributed by atoms with van der Waals surface area (Å²) in [7, 11) is 0. The third kappa shape index (κ3) is 3.93. The van der Waals surface area contributed by atoms with Gasteiger partial charge >= 0.3 is 0 Å². The van der Waals surface area contributed by atoms with Crippen molar-refractivity contribution < 1.29 is 0 Å². The van der Waals surface area contributed by atoms with Crippen LogP contribution < -0.4 is 5.32 Å². The van der Waals surface area contributed by atoms with Crippen LogP contribution in [-0.4, -0.2) is 36.1 Å². The second-order valence-electron chi connectivity index (χ2n) is 5.41. The summed E-state index contributed by atoms with van der Waals surface area (Å²) in [6.45, 7) is 8.51. The Bertz CT molecular complexity index is 456. The van der Waals surface area contributed by atoms with Crippen molar-refractivity contribution in [3.05, 3.63) is 23.4 Å². The minimum absolute atomic E-state index is 0.623. The number of rotatable bonds is 4. The van der Waals surface area contributed by atoms with Crippen molar-refractivity contribution in [2.75, 3.05) is 31.5 Å². The second kappa shape index (κ2) is 6.53. The standard InChI is InChI=1S/C15H22N4/c1-12-5-8-19(9-6-12)10-7-17-15-14(11-16)4-3-13(2)18-15/h3-4,12H,5-10H2,1-2H3,(H,17,18). The van der Waals surface area contributed by atoms with Crippen LogP contribution in [0.5, 0.6) is 0 Å². The van der Waals surface area contributed by atoms with E-state index in [0.717, 1.165) is 24.7 Å². The molecule has 0 saturated carbocycles. The van der Waals surface area contributed by atoms with Crippen LogP contribution in [0.1, 0.15) is 31.0 Å². The molecule has 1 fully saturated rings. The Balaban J connectivity index is 1.83. The zero-order valence-corrected chi connectivity index (χ0v) is 11.8. The molecule has 1 N–H and O–H groups in total. The zero-order valence-electron chi connectivity index (χ0n) is 11.8. The smallest absolute Gasteiger partial charge is 0.144 e. The van der Waals surface area contributed by atoms with E-state index >= 15 is 0 Å². The maximum absolute atomic E-state index is 9.05. The van der Waals surface area contributed by atoms with E-state index in [1.165, 1.54) is 25.9 Å². The fraction of sp³-hybridized carbons (Fsp3) is 0.600. The quantitative estimate of drug-likeness (QED) is 0.901. The third-order valence-corrected chi connectivity index (χ3v) is 3.75. The zero-order chi connectivity index (χ0) is 13.7. The lowest BCUT2D eigenvalue weighted by Gasteiger charge is -2.30. The summed E-state index contributed by atoms with van der Waals surface area (Å²) in [5.41, 5.74) is 1.56. The van der Waals surface area contributed by atoms with Gasteiger partial charge in [0, 0.05) is 18.8 Å². The molecule has 19 heavy (non-hydrogen) atoms. The Kier molecular flexibility index (Phi) is 4.75. The van der Waals surface area contributed by atoms with Gasteiger partial charge in [0.15, 0.2) is 0 Å². The molecule has 0 aliphatic carbocycles. The summed E-state index contributed by atoms with van der Waals surface area (Å²) in [6, 6.07) is 5.88. The molecule has 0 bridgehead atoms. The molecule has 2 heterocycles. The Morgan fingerprint density at radius 3 is 2.84 bits per heavy atom. The highest BCUT2D eigenvalue weighted by molar-refractivity contribution is 5.52. The SMILES string of the molecule is Cc1ccc(C#N)c(NCCN2CCC(C)CC2)n1. The lowest BCUT2D eigenvalue weighted by Crippen LogP contribution is -2.36. The molecule has 0 amide bonds. The lowest BCUT2D eigenvalue weighted by molar-refractivity contribution is 0.199. The molecule has 1 aromatic heterocycles. The molecular weight excluding hydrogens is 236 g/mol. The number of pyridine rings is 1. The van der Waals surface area contributed by atoms with E-state index in [0.29, 0.717) is 11.4 Å². The number of likely N-dealkylation sites (tertiary alicyclic amines) is 1. The van der Waals surface area contributed by atoms with Gasteiger partial charge in [0.05, 0.1) is 5.56 Å². The maximum Gasteiger partial charge on any atom is 0.144 e. The van der Waals surface area contributed by atoms with E-state index < -0.39 is 0 Å². The van der Waals surface area contributed by atoms with Crippen LogP contribution in [0.4, 0.5) is 5.82 Å². The summed E-state index contributed by atoms with van der Waals surface area (Å²) >= 11 is 0. The highest BCUT2D eigenvalue weighted by Gasteiger charge is 2.15. The second-order valence-corrected chi connectivity index (χ2v) is 5.41. The Labute approximate surface area is 115 Å². The minimum Gasteiger partial charge on any atom is -0.368 e. The number of aromatic nitrogens is 1. The lowest BCUT2D eigenvalue weighted by atomic mass is 9.99. The first kappa shape index (κ1) is 13.8. The van der Waals surface area contributed by atoms with E-state index in [9.17, 15) is 0 Å². The molecule has 0 radical (unpaired) electrons. The molecule has 0 aromatic carbocycles. The third-order valence-electron chi connectivity index (χ3n) is 3.75. The molecule has 4 nitrogen and oxygen atoms in total. The largest absolute Gasteiger partial charge is 0.368 e. The number of nitriles is 1. The van der Waals surface area contributed by atoms with Crippen molar-refractivity contribution in [2.45, 2.75) is 26.7 Å². The van der Waals surface area contributed by atoms with Crippen molar-refractivity contribution >= 4 is 5.82 Å². The van der Waals surface area contributed by atoms with Crippen LogP contribution in [0.15, 0.2) is 12.1 Å². The number of hydrogen-bond acceptors (Lipinski definition) is 4. The highest BCUT2D eigenvalue weighted by Crippen LogP contribution is 2.16. The molecular formula is C15H22N4. The first-order chi connectivity index (χ1) is 9.19. The summed E-state index contributed by atoms with van der Waals surface area (Å²) in [4.78, 5) is 6.87. The molecule has 0 spiro atoms. The summed E-state index contributed by atoms with van der Waals surface area (Å²) < 4.78 is 0. The number of piperidine rings is 1. The molecule has 2 rings (SSSR count). The number of nitrogens with zero attached hydrogens (tertiary/aromatic N) is 3. The predicted octanol–water partition coefficient (Wildman–Crippen LogP) is 2.41. The van der Waals surface area contributed by atoms with Crippen LogP contribution in [0, 0.1) is 24.2 Å². The molecule has 1 aliphatic heterocycles. The van der Waals surface area contributed by atoms with E-state index in [4.69, 9.17) is 5.26 Å². The first-order valence-electron chi connectivity index (χ1n) is 7.03. The molecule has 1 saturated heterocycles. The van der Waals surface area contributed by atoms with E-state index in [1.54, 1.807) is 0 Å². The molecule has 0 atom stereocenters. The molecule has 1 aromatic rings. The number of nitrogens with one attached hydrogen (secondary N) is 1. The van der Waals surface area contributed by atoms with Crippen molar-refractivity contribution in [1.82, 2.24) is 9.88 Å². The predicted molar refractivity (Wildman–Crippen MR) is 77.0 cm³/mol. The first-order valence-corrected chi connectivity index (χ1v) is 7.03.